The van der Waals surface area contributed by atoms with Gasteiger partial charge < -0.3 is 19.1 Å². The third-order valence-electron chi connectivity index (χ3n) is 8.64. The van der Waals surface area contributed by atoms with E-state index < -0.39 is 337 Å². The van der Waals surface area contributed by atoms with E-state index in [1.54, 1.807) is 0 Å². The second kappa shape index (κ2) is 16.0. The van der Waals surface area contributed by atoms with E-state index in [2.05, 4.69) is 4.98 Å². The summed E-state index contributed by atoms with van der Waals surface area (Å²) in [4.78, 5) is 4.64. The van der Waals surface area contributed by atoms with E-state index in [9.17, 15) is 24.7 Å². The third-order valence-corrected chi connectivity index (χ3v) is 8.64. The van der Waals surface area contributed by atoms with Crippen LogP contribution in [0.5, 0.6) is 0 Å². The molecule has 0 N–H and O–H groups in total. The molecule has 0 fully saturated rings. The summed E-state index contributed by atoms with van der Waals surface area (Å²) in [5, 5.41) is -3.28. The fourth-order valence-corrected chi connectivity index (χ4v) is 6.11. The minimum Gasteiger partial charge on any atom is -0.435 e. The SMILES string of the molecule is [2H]c1c([2H])c([2H])c(-c2nc3c([2H])c([2H])c4c([2H])c([2H])c5c([2H])c([2H])c(N(c6c([2H])c([2H])c([2H])c([2H])c6[2H])c6c([2H])c([2H])c([2H])c(N(c7c([2H])c([2H])c([2H])c([2H])c7[2H])c7c([2H])c([2H])c([2H])c(N(c8c([2H])c([2H])c([2H])c([2H])c8[2H])c8c([2H])c([2H])c([2H])c([2H])c8[2H])c7[2H])c6[2H])c([2H])c5c4c3o2)c([2H])c1[2H]. The van der Waals surface area contributed by atoms with Gasteiger partial charge in [-0.3, -0.25) is 0 Å². The lowest BCUT2D eigenvalue weighted by atomic mass is 10.00. The van der Waals surface area contributed by atoms with Crippen LogP contribution >= 0.6 is 0 Å². The van der Waals surface area contributed by atoms with Crippen LogP contribution in [0.1, 0.15) is 54.8 Å². The van der Waals surface area contributed by atoms with Crippen LogP contribution < -0.4 is 14.7 Å². The van der Waals surface area contributed by atoms with Crippen LogP contribution in [0.25, 0.3) is 44.1 Å². The Morgan fingerprint density at radius 3 is 1.19 bits per heavy atom. The molecule has 5 nitrogen and oxygen atoms in total. The molecule has 11 aromatic rings. The van der Waals surface area contributed by atoms with E-state index in [-0.39, 0.29) is 14.7 Å². The molecule has 0 saturated heterocycles. The van der Waals surface area contributed by atoms with Crippen molar-refractivity contribution >= 4 is 83.8 Å². The van der Waals surface area contributed by atoms with Gasteiger partial charge in [-0.25, -0.2) is 4.98 Å². The number of rotatable bonds is 10. The number of benzene rings is 10. The molecule has 5 heteroatoms. The van der Waals surface area contributed by atoms with Gasteiger partial charge in [0.15, 0.2) is 5.58 Å². The van der Waals surface area contributed by atoms with Gasteiger partial charge in [0.25, 0.3) is 0 Å². The van der Waals surface area contributed by atoms with Crippen molar-refractivity contribution in [3.05, 3.63) is 242 Å². The average molecular weight is 837 g/mol. The summed E-state index contributed by atoms with van der Waals surface area (Å²) in [7, 11) is 0. The maximum Gasteiger partial charge on any atom is 0.227 e. The molecule has 1 aromatic heterocycles. The zero-order chi connectivity index (χ0) is 76.1. The highest BCUT2D eigenvalue weighted by Gasteiger charge is 2.21. The number of para-hydroxylation sites is 4. The van der Waals surface area contributed by atoms with Crippen molar-refractivity contribution in [3.63, 3.8) is 0 Å². The maximum absolute atomic E-state index is 10.4. The highest BCUT2D eigenvalue weighted by atomic mass is 16.3. The largest absolute Gasteiger partial charge is 0.435 e. The van der Waals surface area contributed by atoms with Crippen LogP contribution in [0, 0.1) is 0 Å². The lowest BCUT2D eigenvalue weighted by Gasteiger charge is -2.31. The molecule has 0 unspecified atom stereocenters. The fourth-order valence-electron chi connectivity index (χ4n) is 6.11. The van der Waals surface area contributed by atoms with Crippen molar-refractivity contribution < 1.29 is 59.2 Å². The maximum atomic E-state index is 10.4. The van der Waals surface area contributed by atoms with E-state index in [4.69, 9.17) is 34.6 Å². The summed E-state index contributed by atoms with van der Waals surface area (Å²) in [6.07, 6.45) is 0. The average Bonchev–Trinajstić information content (AvgIpc) is 1.06. The monoisotopic (exact) mass is 837 g/mol. The molecule has 1 heterocycles. The van der Waals surface area contributed by atoms with Gasteiger partial charge in [0.05, 0.1) is 54.8 Å². The van der Waals surface area contributed by atoms with Gasteiger partial charge in [-0.05, 0) is 131 Å². The summed E-state index contributed by atoms with van der Waals surface area (Å²) in [5.74, 6) is -0.843. The molecule has 0 spiro atoms. The zero-order valence-electron chi connectivity index (χ0n) is 70.7. The number of aromatic nitrogens is 1. The van der Waals surface area contributed by atoms with Gasteiger partial charge in [-0.1, -0.05) is 127 Å². The topological polar surface area (TPSA) is 35.8 Å². The Balaban J connectivity index is 1.38. The smallest absolute Gasteiger partial charge is 0.227 e. The van der Waals surface area contributed by atoms with E-state index in [1.807, 2.05) is 0 Å². The molecule has 0 aliphatic rings. The number of anilines is 9. The molecule has 0 saturated carbocycles. The van der Waals surface area contributed by atoms with E-state index in [1.165, 1.54) is 0 Å². The van der Waals surface area contributed by atoms with Gasteiger partial charge in [0.2, 0.25) is 5.89 Å². The zero-order valence-corrected chi connectivity index (χ0v) is 30.7. The van der Waals surface area contributed by atoms with E-state index in [0.29, 0.717) is 0 Å². The Bertz CT molecular complexity index is 5490. The molecule has 62 heavy (non-hydrogen) atoms. The Kier molecular flexibility index (Phi) is 3.56. The summed E-state index contributed by atoms with van der Waals surface area (Å²) in [6.45, 7) is 0. The molecule has 0 bridgehead atoms. The number of fused-ring (bicyclic) bond motifs is 5. The Hall–Kier alpha value is -8.41. The summed E-state index contributed by atoms with van der Waals surface area (Å²) in [6, 6.07) is -49.8. The van der Waals surface area contributed by atoms with Crippen LogP contribution in [-0.2, 0) is 0 Å². The van der Waals surface area contributed by atoms with Crippen molar-refractivity contribution in [3.8, 4) is 11.5 Å². The molecule has 294 valence electrons. The number of nitrogens with zero attached hydrogens (tertiary/aromatic N) is 4. The first-order valence-electron chi connectivity index (χ1n) is 37.6. The van der Waals surface area contributed by atoms with Gasteiger partial charge >= 0.3 is 0 Å². The van der Waals surface area contributed by atoms with Crippen molar-refractivity contribution in [2.45, 2.75) is 0 Å². The molecule has 10 aromatic carbocycles. The second-order valence-electron chi connectivity index (χ2n) is 12.2. The summed E-state index contributed by atoms with van der Waals surface area (Å²) in [5.41, 5.74) is -14.6. The summed E-state index contributed by atoms with van der Waals surface area (Å²) < 4.78 is 371. The predicted octanol–water partition coefficient (Wildman–Crippen LogP) is 16.2. The van der Waals surface area contributed by atoms with Crippen LogP contribution in [-0.4, -0.2) is 4.98 Å². The number of hydrogen-bond acceptors (Lipinski definition) is 5. The Labute approximate surface area is 416 Å². The van der Waals surface area contributed by atoms with Crippen LogP contribution in [0.4, 0.5) is 51.2 Å². The van der Waals surface area contributed by atoms with Gasteiger partial charge in [0.1, 0.15) is 5.52 Å². The normalized spacial score (nSPS) is 20.3. The first kappa shape index (κ1) is 13.8. The van der Waals surface area contributed by atoms with Crippen LogP contribution in [0.3, 0.4) is 0 Å². The molecule has 0 atom stereocenters. The molecule has 11 rings (SSSR count). The molecular weight excluding hydrogens is 757 g/mol. The second-order valence-corrected chi connectivity index (χ2v) is 12.2. The third kappa shape index (κ3) is 6.87. The van der Waals surface area contributed by atoms with Crippen molar-refractivity contribution in [2.75, 3.05) is 14.7 Å². The first-order chi connectivity index (χ1) is 47.4. The first-order valence-corrected chi connectivity index (χ1v) is 17.6. The Morgan fingerprint density at radius 1 is 0.339 bits per heavy atom. The van der Waals surface area contributed by atoms with Gasteiger partial charge in [0, 0.05) is 62.1 Å². The minimum atomic E-state index is -1.65. The van der Waals surface area contributed by atoms with E-state index >= 15 is 0 Å². The van der Waals surface area contributed by atoms with E-state index in [0.717, 1.165) is 0 Å². The fraction of sp³-hybridized carbons (Fsp3) is 0. The minimum absolute atomic E-state index is 0.0802. The predicted molar refractivity (Wildman–Crippen MR) is 259 cm³/mol. The lowest BCUT2D eigenvalue weighted by Crippen LogP contribution is -2.14. The number of hydrogen-bond donors (Lipinski definition) is 0. The highest BCUT2D eigenvalue weighted by Crippen LogP contribution is 2.44. The summed E-state index contributed by atoms with van der Waals surface area (Å²) >= 11 is 0. The molecule has 0 radical (unpaired) electrons. The molecule has 0 amide bonds. The quantitative estimate of drug-likeness (QED) is 0.128. The highest BCUT2D eigenvalue weighted by molar-refractivity contribution is 6.18. The molecule has 0 aliphatic heterocycles. The van der Waals surface area contributed by atoms with Crippen molar-refractivity contribution in [1.29, 1.82) is 0 Å². The van der Waals surface area contributed by atoms with Crippen molar-refractivity contribution in [2.24, 2.45) is 0 Å². The van der Waals surface area contributed by atoms with Crippen LogP contribution in [0.15, 0.2) is 246 Å². The van der Waals surface area contributed by atoms with Crippen molar-refractivity contribution in [1.82, 2.24) is 4.98 Å². The lowest BCUT2D eigenvalue weighted by molar-refractivity contribution is 0.623. The Morgan fingerprint density at radius 2 is 0.710 bits per heavy atom. The molecule has 0 aliphatic carbocycles. The van der Waals surface area contributed by atoms with Gasteiger partial charge in [-0.15, -0.1) is 0 Å². The van der Waals surface area contributed by atoms with Crippen LogP contribution in [0.2, 0.25) is 0 Å². The number of oxazole rings is 1. The van der Waals surface area contributed by atoms with Gasteiger partial charge in [-0.2, -0.15) is 0 Å². The molecular formula is C57H40N4O. The standard InChI is InChI=1S/C57H40N4O/c1-6-18-43(19-7-1)57-58-54-37-35-42-33-32-41-34-36-52(40-53(41)55(42)56(54)62-57)61(47-26-14-5-15-27-47)51-31-17-30-50(39-51)60(46-24-12-4-13-25-46)49-29-16-28-48(38-49)59(44-20-8-2-9-21-44)45-22-10-3-11-23-45/h1-40H/i1D,2D,3D,4D,5D,6D,7D,8D,9D,10D,11D,12D,13D,14D,15D,16D,17D,18D,19D,20D,21D,22D,23D,24D,25D,26D,27D,28D,29D,30D,31D,32D,33D,34D,35D,36D,37D,38D,39D,40D.